The standard InChI is InChI=1S/C17H13F5N6O/c1-8-7-12(28-16(23-8)25-15(26-28)17(20,21)22)24-11-5-6-27(14(11)29)13-9(18)3-2-4-10(13)19/h2-4,7,11,24H,5-6H2,1H3. The largest absolute Gasteiger partial charge is 0.453 e. The van der Waals surface area contributed by atoms with Gasteiger partial charge in [-0.05, 0) is 25.5 Å². The molecule has 1 atom stereocenters. The summed E-state index contributed by atoms with van der Waals surface area (Å²) in [5.41, 5.74) is -0.110. The van der Waals surface area contributed by atoms with Crippen molar-refractivity contribution in [2.45, 2.75) is 25.6 Å². The van der Waals surface area contributed by atoms with Crippen molar-refractivity contribution in [2.24, 2.45) is 0 Å². The highest BCUT2D eigenvalue weighted by molar-refractivity contribution is 6.01. The fraction of sp³-hybridized carbons (Fsp3) is 0.294. The molecule has 1 aliphatic rings. The number of hydrogen-bond donors (Lipinski definition) is 1. The summed E-state index contributed by atoms with van der Waals surface area (Å²) in [5, 5.41) is 6.20. The lowest BCUT2D eigenvalue weighted by Gasteiger charge is -2.19. The maximum atomic E-state index is 14.0. The molecule has 0 radical (unpaired) electrons. The number of anilines is 2. The summed E-state index contributed by atoms with van der Waals surface area (Å²) < 4.78 is 67.6. The van der Waals surface area contributed by atoms with Crippen molar-refractivity contribution in [3.8, 4) is 0 Å². The van der Waals surface area contributed by atoms with E-state index < -0.39 is 41.3 Å². The Morgan fingerprint density at radius 1 is 1.17 bits per heavy atom. The zero-order valence-corrected chi connectivity index (χ0v) is 14.8. The van der Waals surface area contributed by atoms with Crippen molar-refractivity contribution in [1.29, 1.82) is 0 Å². The van der Waals surface area contributed by atoms with Crippen LogP contribution in [-0.4, -0.2) is 38.1 Å². The van der Waals surface area contributed by atoms with E-state index in [-0.39, 0.29) is 24.6 Å². The summed E-state index contributed by atoms with van der Waals surface area (Å²) in [6.45, 7) is 1.58. The minimum atomic E-state index is -4.76. The van der Waals surface area contributed by atoms with Crippen LogP contribution in [0.2, 0.25) is 0 Å². The van der Waals surface area contributed by atoms with Crippen LogP contribution in [0.3, 0.4) is 0 Å². The number of nitrogens with zero attached hydrogens (tertiary/aromatic N) is 5. The lowest BCUT2D eigenvalue weighted by atomic mass is 10.2. The maximum absolute atomic E-state index is 14.0. The molecule has 12 heteroatoms. The maximum Gasteiger partial charge on any atom is 0.453 e. The number of halogens is 5. The number of aryl methyl sites for hydroxylation is 1. The highest BCUT2D eigenvalue weighted by Gasteiger charge is 2.38. The number of para-hydroxylation sites is 1. The van der Waals surface area contributed by atoms with E-state index in [1.807, 2.05) is 0 Å². The molecule has 29 heavy (non-hydrogen) atoms. The number of fused-ring (bicyclic) bond motifs is 1. The third kappa shape index (κ3) is 3.34. The van der Waals surface area contributed by atoms with Crippen LogP contribution in [-0.2, 0) is 11.0 Å². The van der Waals surface area contributed by atoms with Crippen LogP contribution < -0.4 is 10.2 Å². The van der Waals surface area contributed by atoms with Gasteiger partial charge < -0.3 is 10.2 Å². The molecule has 0 spiro atoms. The molecule has 1 amide bonds. The predicted molar refractivity (Wildman–Crippen MR) is 91.3 cm³/mol. The molecule has 152 valence electrons. The molecular weight excluding hydrogens is 399 g/mol. The predicted octanol–water partition coefficient (Wildman–Crippen LogP) is 2.95. The first-order chi connectivity index (χ1) is 13.6. The molecule has 1 fully saturated rings. The molecule has 1 aliphatic heterocycles. The Hall–Kier alpha value is -3.31. The highest BCUT2D eigenvalue weighted by atomic mass is 19.4. The molecule has 3 aromatic rings. The van der Waals surface area contributed by atoms with E-state index in [0.29, 0.717) is 5.69 Å². The monoisotopic (exact) mass is 412 g/mol. The normalized spacial score (nSPS) is 17.4. The average Bonchev–Trinajstić information content (AvgIpc) is 3.20. The fourth-order valence-electron chi connectivity index (χ4n) is 3.17. The van der Waals surface area contributed by atoms with Crippen molar-refractivity contribution in [3.05, 3.63) is 47.4 Å². The molecule has 1 N–H and O–H groups in total. The Bertz CT molecular complexity index is 1090. The minimum absolute atomic E-state index is 0.0344. The quantitative estimate of drug-likeness (QED) is 0.670. The van der Waals surface area contributed by atoms with Crippen LogP contribution in [0.25, 0.3) is 5.78 Å². The van der Waals surface area contributed by atoms with Gasteiger partial charge in [-0.1, -0.05) is 6.07 Å². The summed E-state index contributed by atoms with van der Waals surface area (Å²) >= 11 is 0. The van der Waals surface area contributed by atoms with Crippen molar-refractivity contribution >= 4 is 23.2 Å². The van der Waals surface area contributed by atoms with Crippen LogP contribution in [0.1, 0.15) is 17.9 Å². The van der Waals surface area contributed by atoms with Crippen molar-refractivity contribution in [3.63, 3.8) is 0 Å². The summed E-state index contributed by atoms with van der Waals surface area (Å²) in [5.74, 6) is -3.98. The van der Waals surface area contributed by atoms with E-state index in [9.17, 15) is 26.7 Å². The lowest BCUT2D eigenvalue weighted by molar-refractivity contribution is -0.144. The Labute approximate surface area is 160 Å². The number of aromatic nitrogens is 4. The SMILES string of the molecule is Cc1cc(NC2CCN(c3c(F)cccc3F)C2=O)n2nc(C(F)(F)F)nc2n1. The Morgan fingerprint density at radius 2 is 1.86 bits per heavy atom. The van der Waals surface area contributed by atoms with E-state index >= 15 is 0 Å². The molecule has 1 saturated heterocycles. The second-order valence-corrected chi connectivity index (χ2v) is 6.47. The second kappa shape index (κ2) is 6.64. The number of amides is 1. The smallest absolute Gasteiger partial charge is 0.358 e. The third-order valence-electron chi connectivity index (χ3n) is 4.43. The molecule has 2 aromatic heterocycles. The molecular formula is C17H13F5N6O. The van der Waals surface area contributed by atoms with Crippen LogP contribution in [0.4, 0.5) is 33.5 Å². The van der Waals surface area contributed by atoms with Gasteiger partial charge in [0.1, 0.15) is 29.2 Å². The van der Waals surface area contributed by atoms with Gasteiger partial charge in [0, 0.05) is 18.3 Å². The Kier molecular flexibility index (Phi) is 4.35. The molecule has 0 bridgehead atoms. The number of nitrogens with one attached hydrogen (secondary N) is 1. The molecule has 4 rings (SSSR count). The first-order valence-electron chi connectivity index (χ1n) is 8.48. The van der Waals surface area contributed by atoms with Gasteiger partial charge in [0.2, 0.25) is 5.91 Å². The zero-order chi connectivity index (χ0) is 20.9. The van der Waals surface area contributed by atoms with Crippen LogP contribution in [0.5, 0.6) is 0 Å². The molecule has 0 saturated carbocycles. The number of carbonyl (C=O) groups excluding carboxylic acids is 1. The fourth-order valence-corrected chi connectivity index (χ4v) is 3.17. The summed E-state index contributed by atoms with van der Waals surface area (Å²) in [7, 11) is 0. The second-order valence-electron chi connectivity index (χ2n) is 6.47. The number of carbonyl (C=O) groups is 1. The van der Waals surface area contributed by atoms with Gasteiger partial charge in [-0.2, -0.15) is 22.7 Å². The molecule has 1 aromatic carbocycles. The van der Waals surface area contributed by atoms with Crippen LogP contribution in [0, 0.1) is 18.6 Å². The molecule has 3 heterocycles. The van der Waals surface area contributed by atoms with E-state index in [4.69, 9.17) is 0 Å². The third-order valence-corrected chi connectivity index (χ3v) is 4.43. The van der Waals surface area contributed by atoms with E-state index in [1.54, 1.807) is 6.92 Å². The lowest BCUT2D eigenvalue weighted by Crippen LogP contribution is -2.35. The minimum Gasteiger partial charge on any atom is -0.358 e. The highest BCUT2D eigenvalue weighted by Crippen LogP contribution is 2.30. The summed E-state index contributed by atoms with van der Waals surface area (Å²) in [4.78, 5) is 20.9. The van der Waals surface area contributed by atoms with Gasteiger partial charge in [0.25, 0.3) is 11.6 Å². The van der Waals surface area contributed by atoms with E-state index in [0.717, 1.165) is 21.5 Å². The van der Waals surface area contributed by atoms with Gasteiger partial charge in [-0.3, -0.25) is 4.79 Å². The first kappa shape index (κ1) is 19.0. The van der Waals surface area contributed by atoms with E-state index in [1.165, 1.54) is 12.1 Å². The van der Waals surface area contributed by atoms with Crippen LogP contribution in [0.15, 0.2) is 24.3 Å². The Balaban J connectivity index is 1.66. The number of hydrogen-bond acceptors (Lipinski definition) is 5. The topological polar surface area (TPSA) is 75.4 Å². The zero-order valence-electron chi connectivity index (χ0n) is 14.8. The van der Waals surface area contributed by atoms with Gasteiger partial charge in [-0.25, -0.2) is 13.8 Å². The average molecular weight is 412 g/mol. The van der Waals surface area contributed by atoms with E-state index in [2.05, 4.69) is 20.4 Å². The van der Waals surface area contributed by atoms with Crippen molar-refractivity contribution in [2.75, 3.05) is 16.8 Å². The molecule has 7 nitrogen and oxygen atoms in total. The molecule has 1 unspecified atom stereocenters. The number of rotatable bonds is 3. The van der Waals surface area contributed by atoms with Gasteiger partial charge >= 0.3 is 6.18 Å². The van der Waals surface area contributed by atoms with Gasteiger partial charge in [0.05, 0.1) is 0 Å². The van der Waals surface area contributed by atoms with Gasteiger partial charge in [-0.15, -0.1) is 5.10 Å². The molecule has 0 aliphatic carbocycles. The number of benzene rings is 1. The summed E-state index contributed by atoms with van der Waals surface area (Å²) in [6.07, 6.45) is -4.59. The number of alkyl halides is 3. The van der Waals surface area contributed by atoms with Crippen molar-refractivity contribution < 1.29 is 26.7 Å². The Morgan fingerprint density at radius 3 is 2.52 bits per heavy atom. The van der Waals surface area contributed by atoms with Crippen LogP contribution >= 0.6 is 0 Å². The summed E-state index contributed by atoms with van der Waals surface area (Å²) in [6, 6.07) is 3.75. The van der Waals surface area contributed by atoms with Gasteiger partial charge in [0.15, 0.2) is 0 Å². The van der Waals surface area contributed by atoms with Crippen molar-refractivity contribution in [1.82, 2.24) is 19.6 Å². The first-order valence-corrected chi connectivity index (χ1v) is 8.48.